The van der Waals surface area contributed by atoms with Gasteiger partial charge in [0.1, 0.15) is 6.04 Å². The SMILES string of the molecule is CCC1C(=O)NCCN1C(=O)C1CCC1C(=O)O. The van der Waals surface area contributed by atoms with Gasteiger partial charge in [-0.2, -0.15) is 0 Å². The van der Waals surface area contributed by atoms with Crippen LogP contribution in [-0.2, 0) is 14.4 Å². The van der Waals surface area contributed by atoms with Gasteiger partial charge in [0.05, 0.1) is 11.8 Å². The van der Waals surface area contributed by atoms with E-state index in [1.54, 1.807) is 4.90 Å². The van der Waals surface area contributed by atoms with Crippen LogP contribution in [0.2, 0.25) is 0 Å². The third-order valence-electron chi connectivity index (χ3n) is 3.91. The predicted molar refractivity (Wildman–Crippen MR) is 62.7 cm³/mol. The van der Waals surface area contributed by atoms with E-state index in [0.29, 0.717) is 32.4 Å². The number of aliphatic carboxylic acids is 1. The van der Waals surface area contributed by atoms with Gasteiger partial charge < -0.3 is 15.3 Å². The largest absolute Gasteiger partial charge is 0.481 e. The monoisotopic (exact) mass is 254 g/mol. The predicted octanol–water partition coefficient (Wildman–Crippen LogP) is -0.166. The molecule has 0 bridgehead atoms. The van der Waals surface area contributed by atoms with E-state index in [4.69, 9.17) is 5.11 Å². The Balaban J connectivity index is 2.08. The number of carboxylic acid groups (broad SMARTS) is 1. The molecule has 100 valence electrons. The topological polar surface area (TPSA) is 86.7 Å². The highest BCUT2D eigenvalue weighted by Gasteiger charge is 2.45. The van der Waals surface area contributed by atoms with E-state index in [1.165, 1.54) is 0 Å². The van der Waals surface area contributed by atoms with Crippen LogP contribution in [0.1, 0.15) is 26.2 Å². The van der Waals surface area contributed by atoms with Crippen LogP contribution in [0.4, 0.5) is 0 Å². The first-order chi connectivity index (χ1) is 8.56. The molecule has 3 atom stereocenters. The lowest BCUT2D eigenvalue weighted by molar-refractivity contribution is -0.159. The molecule has 0 aromatic heterocycles. The average molecular weight is 254 g/mol. The number of nitrogens with one attached hydrogen (secondary N) is 1. The molecule has 3 unspecified atom stereocenters. The summed E-state index contributed by atoms with van der Waals surface area (Å²) >= 11 is 0. The van der Waals surface area contributed by atoms with Gasteiger partial charge in [-0.15, -0.1) is 0 Å². The second kappa shape index (κ2) is 4.96. The molecule has 0 aromatic rings. The molecule has 2 rings (SSSR count). The van der Waals surface area contributed by atoms with Crippen molar-refractivity contribution in [2.45, 2.75) is 32.2 Å². The highest BCUT2D eigenvalue weighted by Crippen LogP contribution is 2.36. The van der Waals surface area contributed by atoms with E-state index in [9.17, 15) is 14.4 Å². The molecule has 6 nitrogen and oxygen atoms in total. The first-order valence-electron chi connectivity index (χ1n) is 6.37. The molecule has 1 saturated heterocycles. The fourth-order valence-corrected chi connectivity index (χ4v) is 2.69. The molecule has 2 aliphatic rings. The van der Waals surface area contributed by atoms with Crippen molar-refractivity contribution in [3.63, 3.8) is 0 Å². The molecule has 1 aliphatic carbocycles. The number of nitrogens with zero attached hydrogens (tertiary/aromatic N) is 1. The van der Waals surface area contributed by atoms with Crippen LogP contribution in [-0.4, -0.2) is 46.9 Å². The van der Waals surface area contributed by atoms with Crippen molar-refractivity contribution in [1.29, 1.82) is 0 Å². The lowest BCUT2D eigenvalue weighted by atomic mass is 9.72. The van der Waals surface area contributed by atoms with Crippen molar-refractivity contribution >= 4 is 17.8 Å². The number of amides is 2. The highest BCUT2D eigenvalue weighted by atomic mass is 16.4. The lowest BCUT2D eigenvalue weighted by Crippen LogP contribution is -2.59. The smallest absolute Gasteiger partial charge is 0.307 e. The summed E-state index contributed by atoms with van der Waals surface area (Å²) in [5.41, 5.74) is 0. The number of hydrogen-bond acceptors (Lipinski definition) is 3. The van der Waals surface area contributed by atoms with Gasteiger partial charge in [-0.1, -0.05) is 6.92 Å². The maximum atomic E-state index is 12.3. The molecule has 1 heterocycles. The standard InChI is InChI=1S/C12H18N2O4/c1-2-9-10(15)13-5-6-14(9)11(16)7-3-4-8(7)12(17)18/h7-9H,2-6H2,1H3,(H,13,15)(H,17,18). The summed E-state index contributed by atoms with van der Waals surface area (Å²) in [6.07, 6.45) is 1.73. The van der Waals surface area contributed by atoms with Gasteiger partial charge in [0.25, 0.3) is 0 Å². The summed E-state index contributed by atoms with van der Waals surface area (Å²) in [5, 5.41) is 11.7. The normalized spacial score (nSPS) is 31.5. The Morgan fingerprint density at radius 3 is 2.56 bits per heavy atom. The number of carbonyl (C=O) groups excluding carboxylic acids is 2. The summed E-state index contributed by atoms with van der Waals surface area (Å²) in [7, 11) is 0. The molecule has 2 N–H and O–H groups in total. The molecule has 0 aromatic carbocycles. The molecule has 6 heteroatoms. The Labute approximate surface area is 105 Å². The van der Waals surface area contributed by atoms with Gasteiger partial charge in [-0.05, 0) is 19.3 Å². The summed E-state index contributed by atoms with van der Waals surface area (Å²) in [6.45, 7) is 2.78. The van der Waals surface area contributed by atoms with Gasteiger partial charge in [-0.25, -0.2) is 0 Å². The molecular weight excluding hydrogens is 236 g/mol. The van der Waals surface area contributed by atoms with Crippen LogP contribution in [0, 0.1) is 11.8 Å². The Hall–Kier alpha value is -1.59. The maximum Gasteiger partial charge on any atom is 0.307 e. The van der Waals surface area contributed by atoms with Crippen LogP contribution in [0.15, 0.2) is 0 Å². The van der Waals surface area contributed by atoms with Crippen molar-refractivity contribution in [3.8, 4) is 0 Å². The van der Waals surface area contributed by atoms with Crippen LogP contribution < -0.4 is 5.32 Å². The fourth-order valence-electron chi connectivity index (χ4n) is 2.69. The van der Waals surface area contributed by atoms with Crippen LogP contribution in [0.25, 0.3) is 0 Å². The number of carbonyl (C=O) groups is 3. The molecule has 1 saturated carbocycles. The van der Waals surface area contributed by atoms with Crippen LogP contribution >= 0.6 is 0 Å². The first-order valence-corrected chi connectivity index (χ1v) is 6.37. The second-order valence-electron chi connectivity index (χ2n) is 4.88. The minimum absolute atomic E-state index is 0.136. The van der Waals surface area contributed by atoms with E-state index in [-0.39, 0.29) is 11.8 Å². The number of rotatable bonds is 3. The summed E-state index contributed by atoms with van der Waals surface area (Å²) < 4.78 is 0. The first kappa shape index (κ1) is 12.9. The minimum Gasteiger partial charge on any atom is -0.481 e. The quantitative estimate of drug-likeness (QED) is 0.732. The van der Waals surface area contributed by atoms with E-state index in [2.05, 4.69) is 5.32 Å². The van der Waals surface area contributed by atoms with Crippen LogP contribution in [0.3, 0.4) is 0 Å². The number of hydrogen-bond donors (Lipinski definition) is 2. The molecule has 1 aliphatic heterocycles. The number of carboxylic acids is 1. The van der Waals surface area contributed by atoms with Crippen molar-refractivity contribution in [1.82, 2.24) is 10.2 Å². The van der Waals surface area contributed by atoms with Crippen molar-refractivity contribution in [2.75, 3.05) is 13.1 Å². The second-order valence-corrected chi connectivity index (χ2v) is 4.88. The molecule has 18 heavy (non-hydrogen) atoms. The summed E-state index contributed by atoms with van der Waals surface area (Å²) in [6, 6.07) is -0.443. The van der Waals surface area contributed by atoms with Crippen LogP contribution in [0.5, 0.6) is 0 Å². The Bertz CT molecular complexity index is 382. The maximum absolute atomic E-state index is 12.3. The Morgan fingerprint density at radius 1 is 1.39 bits per heavy atom. The molecule has 0 spiro atoms. The van der Waals surface area contributed by atoms with Crippen molar-refractivity contribution < 1.29 is 19.5 Å². The fraction of sp³-hybridized carbons (Fsp3) is 0.750. The zero-order chi connectivity index (χ0) is 13.3. The van der Waals surface area contributed by atoms with Gasteiger partial charge >= 0.3 is 5.97 Å². The van der Waals surface area contributed by atoms with E-state index < -0.39 is 23.8 Å². The van der Waals surface area contributed by atoms with Gasteiger partial charge in [0.2, 0.25) is 11.8 Å². The summed E-state index contributed by atoms with van der Waals surface area (Å²) in [5.74, 6) is -2.23. The Kier molecular flexibility index (Phi) is 3.54. The molecule has 2 amide bonds. The molecular formula is C12H18N2O4. The highest BCUT2D eigenvalue weighted by molar-refractivity contribution is 5.92. The van der Waals surface area contributed by atoms with Crippen molar-refractivity contribution in [3.05, 3.63) is 0 Å². The molecule has 0 radical (unpaired) electrons. The number of piperazine rings is 1. The van der Waals surface area contributed by atoms with E-state index in [1.807, 2.05) is 6.92 Å². The van der Waals surface area contributed by atoms with Crippen molar-refractivity contribution in [2.24, 2.45) is 11.8 Å². The minimum atomic E-state index is -0.908. The Morgan fingerprint density at radius 2 is 2.06 bits per heavy atom. The van der Waals surface area contributed by atoms with E-state index >= 15 is 0 Å². The zero-order valence-electron chi connectivity index (χ0n) is 10.4. The van der Waals surface area contributed by atoms with Gasteiger partial charge in [0, 0.05) is 13.1 Å². The van der Waals surface area contributed by atoms with Gasteiger partial charge in [0.15, 0.2) is 0 Å². The van der Waals surface area contributed by atoms with Gasteiger partial charge in [-0.3, -0.25) is 14.4 Å². The summed E-state index contributed by atoms with van der Waals surface area (Å²) in [4.78, 5) is 36.5. The lowest BCUT2D eigenvalue weighted by Gasteiger charge is -2.41. The zero-order valence-corrected chi connectivity index (χ0v) is 10.4. The van der Waals surface area contributed by atoms with E-state index in [0.717, 1.165) is 0 Å². The third-order valence-corrected chi connectivity index (χ3v) is 3.91. The average Bonchev–Trinajstić information content (AvgIpc) is 2.26. The molecule has 2 fully saturated rings. The third kappa shape index (κ3) is 2.07.